The number of methoxy groups -OCH3 is 1. The quantitative estimate of drug-likeness (QED) is 0.847. The lowest BCUT2D eigenvalue weighted by molar-refractivity contribution is 0.00737. The summed E-state index contributed by atoms with van der Waals surface area (Å²) in [6.45, 7) is 0. The van der Waals surface area contributed by atoms with Crippen molar-refractivity contribution in [2.75, 3.05) is 7.11 Å². The predicted octanol–water partition coefficient (Wildman–Crippen LogP) is 3.10. The monoisotopic (exact) mass is 348 g/mol. The summed E-state index contributed by atoms with van der Waals surface area (Å²) < 4.78 is 9.20. The number of hydrogen-bond donors (Lipinski definition) is 1. The molecule has 0 aromatic heterocycles. The average molecular weight is 349 g/mol. The number of ketones is 1. The Kier molecular flexibility index (Phi) is 3.47. The molecule has 0 bridgehead atoms. The first kappa shape index (κ1) is 14.1. The van der Waals surface area contributed by atoms with E-state index < -0.39 is 16.4 Å². The maximum atomic E-state index is 12.5. The van der Waals surface area contributed by atoms with Crippen LogP contribution >= 0.6 is 15.9 Å². The summed E-state index contributed by atoms with van der Waals surface area (Å²) in [5, 5.41) is 10.5. The minimum Gasteiger partial charge on any atom is -0.497 e. The number of rotatable bonds is 2. The molecule has 4 nitrogen and oxygen atoms in total. The van der Waals surface area contributed by atoms with Gasteiger partial charge in [0.2, 0.25) is 10.3 Å². The number of Topliss-reactive ketones (excluding diaryl/α,β-unsaturated/α-hetero) is 1. The third-order valence-electron chi connectivity index (χ3n) is 3.45. The van der Waals surface area contributed by atoms with E-state index in [1.54, 1.807) is 37.4 Å². The van der Waals surface area contributed by atoms with Crippen LogP contribution in [-0.2, 0) is 0 Å². The van der Waals surface area contributed by atoms with Crippen LogP contribution < -0.4 is 9.47 Å². The second-order valence-corrected chi connectivity index (χ2v) is 5.98. The minimum atomic E-state index is -1.80. The summed E-state index contributed by atoms with van der Waals surface area (Å²) in [5.41, 5.74) is 1.03. The van der Waals surface area contributed by atoms with Gasteiger partial charge in [0.15, 0.2) is 6.10 Å². The van der Waals surface area contributed by atoms with Crippen molar-refractivity contribution in [2.24, 2.45) is 0 Å². The fraction of sp³-hybridized carbons (Fsp3) is 0.188. The van der Waals surface area contributed by atoms with Crippen molar-refractivity contribution in [2.45, 2.75) is 10.6 Å². The number of aliphatic hydroxyl groups is 1. The van der Waals surface area contributed by atoms with Crippen LogP contribution in [0.4, 0.5) is 0 Å². The zero-order valence-electron chi connectivity index (χ0n) is 11.2. The van der Waals surface area contributed by atoms with Gasteiger partial charge in [0.1, 0.15) is 11.5 Å². The molecular weight excluding hydrogens is 336 g/mol. The highest BCUT2D eigenvalue weighted by molar-refractivity contribution is 9.10. The van der Waals surface area contributed by atoms with Gasteiger partial charge in [-0.2, -0.15) is 0 Å². The van der Waals surface area contributed by atoms with E-state index in [1.165, 1.54) is 0 Å². The van der Waals surface area contributed by atoms with Gasteiger partial charge in [0.05, 0.1) is 12.7 Å². The zero-order chi connectivity index (χ0) is 15.0. The Morgan fingerprint density at radius 3 is 2.62 bits per heavy atom. The smallest absolute Gasteiger partial charge is 0.224 e. The van der Waals surface area contributed by atoms with Gasteiger partial charge >= 0.3 is 0 Å². The predicted molar refractivity (Wildman–Crippen MR) is 81.0 cm³/mol. The van der Waals surface area contributed by atoms with Crippen molar-refractivity contribution in [1.82, 2.24) is 0 Å². The van der Waals surface area contributed by atoms with E-state index in [-0.39, 0.29) is 0 Å². The third-order valence-corrected chi connectivity index (χ3v) is 4.22. The molecule has 0 saturated carbocycles. The molecule has 2 unspecified atom stereocenters. The number of hydrogen-bond acceptors (Lipinski definition) is 4. The summed E-state index contributed by atoms with van der Waals surface area (Å²) in [5.74, 6) is 0.561. The van der Waals surface area contributed by atoms with E-state index in [9.17, 15) is 9.90 Å². The number of halogens is 1. The molecule has 0 spiro atoms. The summed E-state index contributed by atoms with van der Waals surface area (Å²) >= 11 is 3.12. The molecule has 2 aromatic carbocycles. The van der Waals surface area contributed by atoms with E-state index in [0.29, 0.717) is 22.6 Å². The molecule has 5 heteroatoms. The molecule has 0 aliphatic carbocycles. The molecule has 0 saturated heterocycles. The second kappa shape index (κ2) is 5.16. The van der Waals surface area contributed by atoms with Gasteiger partial charge in [-0.1, -0.05) is 30.3 Å². The number of fused-ring (bicyclic) bond motifs is 1. The third kappa shape index (κ3) is 2.32. The molecule has 1 aliphatic heterocycles. The van der Waals surface area contributed by atoms with Gasteiger partial charge in [0, 0.05) is 6.07 Å². The number of carbonyl (C=O) groups excluding carboxylic acids is 1. The maximum Gasteiger partial charge on any atom is 0.224 e. The average Bonchev–Trinajstić information content (AvgIpc) is 2.51. The molecule has 0 amide bonds. The lowest BCUT2D eigenvalue weighted by atomic mass is 9.93. The molecule has 1 heterocycles. The van der Waals surface area contributed by atoms with Crippen molar-refractivity contribution in [3.63, 3.8) is 0 Å². The van der Waals surface area contributed by atoms with Gasteiger partial charge < -0.3 is 14.6 Å². The fourth-order valence-electron chi connectivity index (χ4n) is 2.34. The molecular formula is C16H13BrO4. The van der Waals surface area contributed by atoms with Crippen LogP contribution in [0.5, 0.6) is 11.5 Å². The van der Waals surface area contributed by atoms with Crippen LogP contribution in [0.3, 0.4) is 0 Å². The highest BCUT2D eigenvalue weighted by Crippen LogP contribution is 2.45. The molecule has 1 N–H and O–H groups in total. The summed E-state index contributed by atoms with van der Waals surface area (Å²) in [7, 11) is 1.54. The van der Waals surface area contributed by atoms with Crippen molar-refractivity contribution in [1.29, 1.82) is 0 Å². The molecule has 0 radical (unpaired) electrons. The molecule has 2 atom stereocenters. The Labute approximate surface area is 130 Å². The highest BCUT2D eigenvalue weighted by Gasteiger charge is 2.49. The van der Waals surface area contributed by atoms with Crippen LogP contribution in [0.2, 0.25) is 0 Å². The first-order valence-electron chi connectivity index (χ1n) is 6.39. The van der Waals surface area contributed by atoms with Crippen molar-refractivity contribution < 1.29 is 19.4 Å². The van der Waals surface area contributed by atoms with E-state index in [0.717, 1.165) is 0 Å². The van der Waals surface area contributed by atoms with Crippen LogP contribution in [0, 0.1) is 0 Å². The Balaban J connectivity index is 2.10. The summed E-state index contributed by atoms with van der Waals surface area (Å²) in [6, 6.07) is 14.0. The van der Waals surface area contributed by atoms with E-state index in [4.69, 9.17) is 9.47 Å². The Morgan fingerprint density at radius 2 is 1.95 bits per heavy atom. The molecule has 108 valence electrons. The first-order chi connectivity index (χ1) is 10.0. The van der Waals surface area contributed by atoms with Crippen LogP contribution in [0.15, 0.2) is 48.5 Å². The SMILES string of the molecule is COc1ccc2c(c1)OC(c1ccccc1)C(O)(Br)C2=O. The number of carbonyl (C=O) groups is 1. The summed E-state index contributed by atoms with van der Waals surface area (Å²) in [6.07, 6.45) is -0.828. The fourth-order valence-corrected chi connectivity index (χ4v) is 2.92. The van der Waals surface area contributed by atoms with Crippen LogP contribution in [0.25, 0.3) is 0 Å². The lowest BCUT2D eigenvalue weighted by Gasteiger charge is -2.35. The topological polar surface area (TPSA) is 55.8 Å². The number of benzene rings is 2. The normalized spacial score (nSPS) is 24.1. The van der Waals surface area contributed by atoms with Crippen molar-refractivity contribution in [3.05, 3.63) is 59.7 Å². The highest BCUT2D eigenvalue weighted by atomic mass is 79.9. The van der Waals surface area contributed by atoms with E-state index >= 15 is 0 Å². The Hall–Kier alpha value is -1.85. The van der Waals surface area contributed by atoms with Crippen LogP contribution in [-0.4, -0.2) is 22.5 Å². The van der Waals surface area contributed by atoms with Gasteiger partial charge in [-0.05, 0) is 33.6 Å². The van der Waals surface area contributed by atoms with Crippen molar-refractivity contribution in [3.8, 4) is 11.5 Å². The Morgan fingerprint density at radius 1 is 1.24 bits per heavy atom. The van der Waals surface area contributed by atoms with Crippen LogP contribution in [0.1, 0.15) is 22.0 Å². The molecule has 2 aromatic rings. The maximum absolute atomic E-state index is 12.5. The lowest BCUT2D eigenvalue weighted by Crippen LogP contribution is -2.44. The number of alkyl halides is 1. The van der Waals surface area contributed by atoms with Crippen molar-refractivity contribution >= 4 is 21.7 Å². The first-order valence-corrected chi connectivity index (χ1v) is 7.19. The van der Waals surface area contributed by atoms with Gasteiger partial charge in [0.25, 0.3) is 0 Å². The second-order valence-electron chi connectivity index (χ2n) is 4.77. The molecule has 3 rings (SSSR count). The van der Waals surface area contributed by atoms with Gasteiger partial charge in [-0.25, -0.2) is 0 Å². The largest absolute Gasteiger partial charge is 0.497 e. The van der Waals surface area contributed by atoms with Gasteiger partial charge in [-0.15, -0.1) is 0 Å². The Bertz CT molecular complexity index is 682. The molecule has 0 fully saturated rings. The zero-order valence-corrected chi connectivity index (χ0v) is 12.8. The van der Waals surface area contributed by atoms with E-state index in [1.807, 2.05) is 18.2 Å². The van der Waals surface area contributed by atoms with Gasteiger partial charge in [-0.3, -0.25) is 4.79 Å². The standard InChI is InChI=1S/C16H13BrO4/c1-20-11-7-8-12-13(9-11)21-15(16(17,19)14(12)18)10-5-3-2-4-6-10/h2-9,15,19H,1H3. The summed E-state index contributed by atoms with van der Waals surface area (Å²) in [4.78, 5) is 12.5. The molecule has 1 aliphatic rings. The van der Waals surface area contributed by atoms with E-state index in [2.05, 4.69) is 15.9 Å². The minimum absolute atomic E-state index is 0.322. The number of ether oxygens (including phenoxy) is 2. The molecule has 21 heavy (non-hydrogen) atoms.